The Morgan fingerprint density at radius 1 is 1.15 bits per heavy atom. The third-order valence-electron chi connectivity index (χ3n) is 5.35. The molecular weight excluding hydrogens is 328 g/mol. The van der Waals surface area contributed by atoms with Crippen molar-refractivity contribution >= 4 is 5.82 Å². The third kappa shape index (κ3) is 2.85. The zero-order valence-electron chi connectivity index (χ0n) is 14.4. The number of H-pyrrole nitrogens is 1. The highest BCUT2D eigenvalue weighted by molar-refractivity contribution is 5.80. The van der Waals surface area contributed by atoms with Crippen LogP contribution >= 0.6 is 0 Å². The van der Waals surface area contributed by atoms with Crippen molar-refractivity contribution in [1.82, 2.24) is 4.98 Å². The van der Waals surface area contributed by atoms with E-state index in [-0.39, 0.29) is 34.5 Å². The second kappa shape index (κ2) is 7.03. The highest BCUT2D eigenvalue weighted by Crippen LogP contribution is 2.40. The number of nitrogen functional groups attached to an aromatic ring is 1. The fraction of sp³-hybridized carbons (Fsp3) is 0.350. The van der Waals surface area contributed by atoms with E-state index in [1.807, 2.05) is 30.3 Å². The molecule has 132 valence electrons. The maximum Gasteiger partial charge on any atom is 0.268 e. The Hall–Kier alpha value is -3.09. The Morgan fingerprint density at radius 3 is 2.46 bits per heavy atom. The van der Waals surface area contributed by atoms with Crippen LogP contribution in [0.1, 0.15) is 48.8 Å². The van der Waals surface area contributed by atoms with E-state index >= 15 is 0 Å². The number of aliphatic hydroxyl groups excluding tert-OH is 1. The normalized spacial score (nSPS) is 15.8. The van der Waals surface area contributed by atoms with Gasteiger partial charge in [-0.15, -0.1) is 0 Å². The van der Waals surface area contributed by atoms with Gasteiger partial charge in [0, 0.05) is 11.0 Å². The number of aliphatic hydroxyl groups is 1. The summed E-state index contributed by atoms with van der Waals surface area (Å²) >= 11 is 0. The first-order chi connectivity index (χ1) is 12.6. The zero-order chi connectivity index (χ0) is 18.7. The predicted octanol–water partition coefficient (Wildman–Crippen LogP) is 2.56. The van der Waals surface area contributed by atoms with Crippen LogP contribution in [0.2, 0.25) is 0 Å². The fourth-order valence-corrected chi connectivity index (χ4v) is 3.90. The summed E-state index contributed by atoms with van der Waals surface area (Å²) in [7, 11) is 0. The topological polar surface area (TPSA) is 127 Å². The van der Waals surface area contributed by atoms with Crippen molar-refractivity contribution in [3.05, 3.63) is 51.3 Å². The van der Waals surface area contributed by atoms with Crippen LogP contribution in [0.25, 0.3) is 11.1 Å². The van der Waals surface area contributed by atoms with Gasteiger partial charge in [-0.05, 0) is 24.0 Å². The lowest BCUT2D eigenvalue weighted by atomic mass is 9.69. The van der Waals surface area contributed by atoms with Crippen LogP contribution in [-0.4, -0.2) is 16.7 Å². The Bertz CT molecular complexity index is 973. The van der Waals surface area contributed by atoms with Crippen LogP contribution in [0.3, 0.4) is 0 Å². The first-order valence-electron chi connectivity index (χ1n) is 8.64. The molecule has 3 rings (SSSR count). The summed E-state index contributed by atoms with van der Waals surface area (Å²) < 4.78 is 0. The molecular formula is C20H20N4O2. The van der Waals surface area contributed by atoms with Crippen molar-refractivity contribution < 1.29 is 5.11 Å². The van der Waals surface area contributed by atoms with Crippen molar-refractivity contribution in [3.63, 3.8) is 0 Å². The summed E-state index contributed by atoms with van der Waals surface area (Å²) in [4.78, 5) is 14.5. The maximum absolute atomic E-state index is 12.1. The maximum atomic E-state index is 12.1. The number of nitriles is 2. The molecule has 0 amide bonds. The third-order valence-corrected chi connectivity index (χ3v) is 5.35. The summed E-state index contributed by atoms with van der Waals surface area (Å²) in [5.74, 6) is -0.0496. The molecule has 0 unspecified atom stereocenters. The standard InChI is InChI=1S/C20H20N4O2/c21-10-15-17(16(11-22)19(26)24-18(15)23)13-5-4-6-14(9-13)20(12-25)7-2-1-3-8-20/h4-6,9,25H,1-3,7-8,12H2,(H3,23,24,26). The lowest BCUT2D eigenvalue weighted by molar-refractivity contribution is 0.152. The molecule has 1 aromatic carbocycles. The van der Waals surface area contributed by atoms with Crippen LogP contribution in [0.4, 0.5) is 5.82 Å². The SMILES string of the molecule is N#Cc1c(N)[nH]c(=O)c(C#N)c1-c1cccc(C2(CO)CCCCC2)c1. The van der Waals surface area contributed by atoms with Crippen molar-refractivity contribution in [3.8, 4) is 23.3 Å². The van der Waals surface area contributed by atoms with E-state index in [1.54, 1.807) is 6.07 Å². The summed E-state index contributed by atoms with van der Waals surface area (Å²) in [6.45, 7) is 0.0458. The quantitative estimate of drug-likeness (QED) is 0.785. The molecule has 0 radical (unpaired) electrons. The Morgan fingerprint density at radius 2 is 1.85 bits per heavy atom. The van der Waals surface area contributed by atoms with Gasteiger partial charge in [0.05, 0.1) is 6.61 Å². The average Bonchev–Trinajstić information content (AvgIpc) is 2.68. The minimum atomic E-state index is -0.612. The predicted molar refractivity (Wildman–Crippen MR) is 98.2 cm³/mol. The molecule has 1 aromatic heterocycles. The first kappa shape index (κ1) is 17.7. The van der Waals surface area contributed by atoms with E-state index in [1.165, 1.54) is 0 Å². The molecule has 0 bridgehead atoms. The molecule has 1 fully saturated rings. The van der Waals surface area contributed by atoms with Crippen LogP contribution in [0.5, 0.6) is 0 Å². The van der Waals surface area contributed by atoms with Crippen molar-refractivity contribution in [2.24, 2.45) is 0 Å². The van der Waals surface area contributed by atoms with Crippen LogP contribution in [0, 0.1) is 22.7 Å². The van der Waals surface area contributed by atoms with Crippen molar-refractivity contribution in [2.45, 2.75) is 37.5 Å². The molecule has 26 heavy (non-hydrogen) atoms. The van der Waals surface area contributed by atoms with Crippen LogP contribution in [-0.2, 0) is 5.41 Å². The highest BCUT2D eigenvalue weighted by Gasteiger charge is 2.33. The number of hydrogen-bond donors (Lipinski definition) is 3. The van der Waals surface area contributed by atoms with E-state index in [9.17, 15) is 20.4 Å². The lowest BCUT2D eigenvalue weighted by Crippen LogP contribution is -2.33. The fourth-order valence-electron chi connectivity index (χ4n) is 3.90. The number of pyridine rings is 1. The molecule has 0 aliphatic heterocycles. The van der Waals surface area contributed by atoms with Gasteiger partial charge < -0.3 is 15.8 Å². The minimum absolute atomic E-state index is 0.0458. The first-order valence-corrected chi connectivity index (χ1v) is 8.64. The van der Waals surface area contributed by atoms with E-state index in [4.69, 9.17) is 5.73 Å². The molecule has 0 saturated heterocycles. The molecule has 2 aromatic rings. The summed E-state index contributed by atoms with van der Waals surface area (Å²) in [6, 6.07) is 11.3. The second-order valence-corrected chi connectivity index (χ2v) is 6.80. The Labute approximate surface area is 151 Å². The number of rotatable bonds is 3. The number of nitrogens with one attached hydrogen (secondary N) is 1. The molecule has 1 aliphatic carbocycles. The number of hydrogen-bond acceptors (Lipinski definition) is 5. The highest BCUT2D eigenvalue weighted by atomic mass is 16.3. The summed E-state index contributed by atoms with van der Waals surface area (Å²) in [5.41, 5.74) is 6.62. The molecule has 4 N–H and O–H groups in total. The number of anilines is 1. The largest absolute Gasteiger partial charge is 0.395 e. The average molecular weight is 348 g/mol. The van der Waals surface area contributed by atoms with Crippen molar-refractivity contribution in [2.75, 3.05) is 12.3 Å². The monoisotopic (exact) mass is 348 g/mol. The summed E-state index contributed by atoms with van der Waals surface area (Å²) in [5, 5.41) is 29.0. The number of nitrogens with zero attached hydrogens (tertiary/aromatic N) is 2. The minimum Gasteiger partial charge on any atom is -0.395 e. The smallest absolute Gasteiger partial charge is 0.268 e. The molecule has 1 heterocycles. The van der Waals surface area contributed by atoms with Gasteiger partial charge in [0.25, 0.3) is 5.56 Å². The number of benzene rings is 1. The van der Waals surface area contributed by atoms with Crippen LogP contribution in [0.15, 0.2) is 29.1 Å². The molecule has 1 aliphatic rings. The van der Waals surface area contributed by atoms with Gasteiger partial charge in [-0.25, -0.2) is 0 Å². The zero-order valence-corrected chi connectivity index (χ0v) is 14.4. The van der Waals surface area contributed by atoms with Gasteiger partial charge in [-0.3, -0.25) is 4.79 Å². The number of aromatic amines is 1. The van der Waals surface area contributed by atoms with Crippen molar-refractivity contribution in [1.29, 1.82) is 10.5 Å². The second-order valence-electron chi connectivity index (χ2n) is 6.80. The van der Waals surface area contributed by atoms with Gasteiger partial charge in [-0.1, -0.05) is 43.5 Å². The van der Waals surface area contributed by atoms with Crippen LogP contribution < -0.4 is 11.3 Å². The Balaban J connectivity index is 2.23. The van der Waals surface area contributed by atoms with Gasteiger partial charge in [0.2, 0.25) is 0 Å². The van der Waals surface area contributed by atoms with E-state index < -0.39 is 5.56 Å². The Kier molecular flexibility index (Phi) is 4.79. The molecule has 6 nitrogen and oxygen atoms in total. The lowest BCUT2D eigenvalue weighted by Gasteiger charge is -2.36. The van der Waals surface area contributed by atoms with E-state index in [2.05, 4.69) is 4.98 Å². The van der Waals surface area contributed by atoms with Gasteiger partial charge in [0.1, 0.15) is 29.1 Å². The molecule has 1 saturated carbocycles. The van der Waals surface area contributed by atoms with E-state index in [0.29, 0.717) is 5.56 Å². The molecule has 6 heteroatoms. The number of nitrogens with two attached hydrogens (primary N) is 1. The molecule has 0 atom stereocenters. The molecule has 0 spiro atoms. The number of aromatic nitrogens is 1. The van der Waals surface area contributed by atoms with Gasteiger partial charge >= 0.3 is 0 Å². The van der Waals surface area contributed by atoms with Gasteiger partial charge in [0.15, 0.2) is 0 Å². The summed E-state index contributed by atoms with van der Waals surface area (Å²) in [6.07, 6.45) is 5.04. The van der Waals surface area contributed by atoms with E-state index in [0.717, 1.165) is 37.7 Å². The van der Waals surface area contributed by atoms with Gasteiger partial charge in [-0.2, -0.15) is 10.5 Å².